The Morgan fingerprint density at radius 3 is 0.898 bits per heavy atom. The van der Waals surface area contributed by atoms with Gasteiger partial charge in [0.05, 0.1) is 26.4 Å². The van der Waals surface area contributed by atoms with Crippen LogP contribution in [0.1, 0.15) is 310 Å². The maximum Gasteiger partial charge on any atom is 0.472 e. The quantitative estimate of drug-likeness (QED) is 0.0169. The van der Waals surface area contributed by atoms with E-state index in [0.29, 0.717) is 32.1 Å². The molecule has 0 aromatic carbocycles. The van der Waals surface area contributed by atoms with Crippen LogP contribution in [-0.4, -0.2) is 96.7 Å². The highest BCUT2D eigenvalue weighted by Crippen LogP contribution is 2.45. The van der Waals surface area contributed by atoms with E-state index in [2.05, 4.69) is 125 Å². The molecule has 17 nitrogen and oxygen atoms in total. The highest BCUT2D eigenvalue weighted by atomic mass is 31.2. The number of ether oxygens (including phenoxy) is 4. The van der Waals surface area contributed by atoms with Gasteiger partial charge in [0.1, 0.15) is 19.3 Å². The fourth-order valence-electron chi connectivity index (χ4n) is 9.96. The third-order valence-corrected chi connectivity index (χ3v) is 17.6. The molecule has 5 atom stereocenters. The highest BCUT2D eigenvalue weighted by molar-refractivity contribution is 7.47. The summed E-state index contributed by atoms with van der Waals surface area (Å²) in [7, 11) is -9.96. The molecular weight excluding hydrogens is 1280 g/mol. The van der Waals surface area contributed by atoms with Gasteiger partial charge in [-0.3, -0.25) is 37.3 Å². The molecule has 0 aromatic heterocycles. The molecule has 0 aliphatic rings. The minimum Gasteiger partial charge on any atom is -0.462 e. The molecule has 0 aliphatic heterocycles. The van der Waals surface area contributed by atoms with Crippen LogP contribution in [0.2, 0.25) is 0 Å². The number of unbranched alkanes of at least 4 members (excludes halogenated alkanes) is 27. The van der Waals surface area contributed by atoms with E-state index in [-0.39, 0.29) is 25.7 Å². The Labute approximate surface area is 594 Å². The number of hydrogen-bond donors (Lipinski definition) is 3. The van der Waals surface area contributed by atoms with Gasteiger partial charge in [-0.05, 0) is 116 Å². The van der Waals surface area contributed by atoms with Crippen LogP contribution in [-0.2, 0) is 65.4 Å². The average molecular weight is 1420 g/mol. The number of phosphoric acid groups is 2. The summed E-state index contributed by atoms with van der Waals surface area (Å²) in [4.78, 5) is 72.8. The van der Waals surface area contributed by atoms with Gasteiger partial charge in [0.15, 0.2) is 12.2 Å². The van der Waals surface area contributed by atoms with Crippen molar-refractivity contribution < 1.29 is 80.2 Å². The molecule has 0 saturated heterocycles. The summed E-state index contributed by atoms with van der Waals surface area (Å²) in [6.45, 7) is 4.54. The van der Waals surface area contributed by atoms with Crippen LogP contribution in [0.3, 0.4) is 0 Å². The minimum atomic E-state index is -4.99. The second kappa shape index (κ2) is 71.1. The van der Waals surface area contributed by atoms with Gasteiger partial charge in [0.2, 0.25) is 0 Å². The molecule has 0 heterocycles. The Bertz CT molecular complexity index is 2290. The zero-order chi connectivity index (χ0) is 71.8. The van der Waals surface area contributed by atoms with Crippen molar-refractivity contribution in [2.24, 2.45) is 0 Å². The van der Waals surface area contributed by atoms with Crippen molar-refractivity contribution in [3.63, 3.8) is 0 Å². The van der Waals surface area contributed by atoms with Crippen LogP contribution >= 0.6 is 15.6 Å². The van der Waals surface area contributed by atoms with Gasteiger partial charge < -0.3 is 33.8 Å². The van der Waals surface area contributed by atoms with E-state index in [4.69, 9.17) is 37.0 Å². The molecule has 0 fully saturated rings. The molecule has 0 saturated carbocycles. The smallest absolute Gasteiger partial charge is 0.462 e. The van der Waals surface area contributed by atoms with Gasteiger partial charge in [0.25, 0.3) is 0 Å². The molecule has 0 amide bonds. The highest BCUT2D eigenvalue weighted by Gasteiger charge is 2.30. The van der Waals surface area contributed by atoms with Gasteiger partial charge in [0, 0.05) is 25.7 Å². The number of phosphoric ester groups is 2. The predicted molar refractivity (Wildman–Crippen MR) is 399 cm³/mol. The largest absolute Gasteiger partial charge is 0.472 e. The zero-order valence-electron chi connectivity index (χ0n) is 61.4. The van der Waals surface area contributed by atoms with Crippen LogP contribution < -0.4 is 0 Å². The minimum absolute atomic E-state index is 0.0700. The van der Waals surface area contributed by atoms with Crippen molar-refractivity contribution in [1.29, 1.82) is 0 Å². The maximum atomic E-state index is 13.1. The van der Waals surface area contributed by atoms with E-state index in [9.17, 15) is 43.2 Å². The average Bonchev–Trinajstić information content (AvgIpc) is 0.980. The summed E-state index contributed by atoms with van der Waals surface area (Å²) < 4.78 is 68.4. The first kappa shape index (κ1) is 93.7. The topological polar surface area (TPSA) is 237 Å². The van der Waals surface area contributed by atoms with Crippen LogP contribution in [0.5, 0.6) is 0 Å². The summed E-state index contributed by atoms with van der Waals surface area (Å²) in [5.74, 6) is -2.25. The molecule has 19 heteroatoms. The summed E-state index contributed by atoms with van der Waals surface area (Å²) in [5, 5.41) is 10.6. The molecule has 0 bridgehead atoms. The van der Waals surface area contributed by atoms with E-state index in [1.165, 1.54) is 70.6 Å². The van der Waals surface area contributed by atoms with Crippen molar-refractivity contribution >= 4 is 39.5 Å². The number of carbonyl (C=O) groups is 4. The number of esters is 4. The van der Waals surface area contributed by atoms with Gasteiger partial charge in [-0.15, -0.1) is 0 Å². The normalized spacial score (nSPS) is 14.6. The van der Waals surface area contributed by atoms with E-state index in [1.54, 1.807) is 0 Å². The molecular formula is C79H136O17P2. The standard InChI is InChI=1S/C79H136O17P2/c1-5-9-13-17-21-25-29-32-34-36-38-41-45-48-52-56-60-64-77(82)90-70-75(96-79(84)66-62-58-54-50-46-42-39-37-35-33-30-26-22-18-14-10-6-2)72-94-98(87,88)92-68-73(80)67-91-97(85,86)93-71-74(95-78(83)65-61-57-53-49-43-28-24-20-16-12-8-4)69-89-76(81)63-59-55-51-47-44-40-31-27-23-19-15-11-7-3/h9-10,13-14,20-22,24-26,32-35,38,41,48,52,73-75,80H,5-8,11-12,15-19,23,27-31,36-37,39-40,42-47,49-51,53-72H2,1-4H3,(H,85,86)(H,87,88)/b13-9-,14-10-,24-20-,25-21-,26-22-,34-32-,35-33-,41-38-,52-48-. The summed E-state index contributed by atoms with van der Waals surface area (Å²) in [6, 6.07) is 0. The van der Waals surface area contributed by atoms with Crippen molar-refractivity contribution in [3.8, 4) is 0 Å². The Morgan fingerprint density at radius 1 is 0.296 bits per heavy atom. The Balaban J connectivity index is 5.38. The van der Waals surface area contributed by atoms with E-state index < -0.39 is 97.5 Å². The lowest BCUT2D eigenvalue weighted by molar-refractivity contribution is -0.161. The van der Waals surface area contributed by atoms with E-state index >= 15 is 0 Å². The molecule has 5 unspecified atom stereocenters. The fourth-order valence-corrected chi connectivity index (χ4v) is 11.5. The molecule has 0 radical (unpaired) electrons. The lowest BCUT2D eigenvalue weighted by Crippen LogP contribution is -2.30. The van der Waals surface area contributed by atoms with Crippen LogP contribution in [0.15, 0.2) is 109 Å². The number of hydrogen-bond acceptors (Lipinski definition) is 15. The molecule has 98 heavy (non-hydrogen) atoms. The third-order valence-electron chi connectivity index (χ3n) is 15.7. The van der Waals surface area contributed by atoms with Gasteiger partial charge in [-0.25, -0.2) is 9.13 Å². The zero-order valence-corrected chi connectivity index (χ0v) is 63.2. The van der Waals surface area contributed by atoms with Crippen LogP contribution in [0, 0.1) is 0 Å². The van der Waals surface area contributed by atoms with Crippen molar-refractivity contribution in [2.45, 2.75) is 329 Å². The van der Waals surface area contributed by atoms with E-state index in [1.807, 2.05) is 12.2 Å². The fraction of sp³-hybridized carbons (Fsp3) is 0.722. The first-order valence-corrected chi connectivity index (χ1v) is 41.1. The van der Waals surface area contributed by atoms with Crippen LogP contribution in [0.4, 0.5) is 0 Å². The lowest BCUT2D eigenvalue weighted by Gasteiger charge is -2.21. The summed E-state index contributed by atoms with van der Waals surface area (Å²) in [5.41, 5.74) is 0. The monoisotopic (exact) mass is 1420 g/mol. The maximum absolute atomic E-state index is 13.1. The summed E-state index contributed by atoms with van der Waals surface area (Å²) in [6.07, 6.45) is 75.2. The molecule has 0 aliphatic carbocycles. The second-order valence-corrected chi connectivity index (χ2v) is 28.1. The SMILES string of the molecule is CC/C=C\C/C=C\C/C=C\C/C=C\C/C=C\CCCC(=O)OCC(COP(=O)(O)OCC(O)COP(=O)(O)OCC(COC(=O)CCCCCCCCCCCCCCC)OC(=O)CCCCCCC/C=C\CCCC)OC(=O)CCCCCCCCC/C=C\C/C=C\C/C=C\CC. The first-order chi connectivity index (χ1) is 47.7. The Hall–Kier alpha value is -4.28. The number of aliphatic hydroxyl groups is 1. The van der Waals surface area contributed by atoms with Crippen molar-refractivity contribution in [2.75, 3.05) is 39.6 Å². The molecule has 0 rings (SSSR count). The van der Waals surface area contributed by atoms with E-state index in [0.717, 1.165) is 154 Å². The van der Waals surface area contributed by atoms with Gasteiger partial charge in [-0.2, -0.15) is 0 Å². The molecule has 3 N–H and O–H groups in total. The Morgan fingerprint density at radius 2 is 0.551 bits per heavy atom. The summed E-state index contributed by atoms with van der Waals surface area (Å²) >= 11 is 0. The van der Waals surface area contributed by atoms with Crippen molar-refractivity contribution in [1.82, 2.24) is 0 Å². The number of aliphatic hydroxyl groups excluding tert-OH is 1. The molecule has 0 spiro atoms. The second-order valence-electron chi connectivity index (χ2n) is 25.2. The van der Waals surface area contributed by atoms with Crippen LogP contribution in [0.25, 0.3) is 0 Å². The predicted octanol–water partition coefficient (Wildman–Crippen LogP) is 21.8. The lowest BCUT2D eigenvalue weighted by atomic mass is 10.0. The van der Waals surface area contributed by atoms with Crippen molar-refractivity contribution in [3.05, 3.63) is 109 Å². The number of allylic oxidation sites excluding steroid dienone is 18. The third kappa shape index (κ3) is 70.2. The number of rotatable bonds is 71. The van der Waals surface area contributed by atoms with Gasteiger partial charge >= 0.3 is 39.5 Å². The molecule has 0 aromatic rings. The first-order valence-electron chi connectivity index (χ1n) is 38.1. The molecule has 564 valence electrons. The Kier molecular flexibility index (Phi) is 68.0. The van der Waals surface area contributed by atoms with Gasteiger partial charge in [-0.1, -0.05) is 278 Å². The number of carbonyl (C=O) groups excluding carboxylic acids is 4.